The Bertz CT molecular complexity index is 556. The summed E-state index contributed by atoms with van der Waals surface area (Å²) >= 11 is 4.78. The summed E-state index contributed by atoms with van der Waals surface area (Å²) in [4.78, 5) is 1.27. The average molecular weight is 399 g/mol. The zero-order valence-corrected chi connectivity index (χ0v) is 16.0. The van der Waals surface area contributed by atoms with Crippen molar-refractivity contribution in [2.75, 3.05) is 20.3 Å². The zero-order chi connectivity index (χ0) is 16.1. The van der Waals surface area contributed by atoms with Crippen LogP contribution in [0.4, 0.5) is 0 Å². The van der Waals surface area contributed by atoms with Crippen LogP contribution in [0, 0.1) is 0 Å². The highest BCUT2D eigenvalue weighted by Crippen LogP contribution is 2.32. The number of methoxy groups -OCH3 is 1. The molecule has 0 saturated heterocycles. The van der Waals surface area contributed by atoms with Crippen LogP contribution in [-0.4, -0.2) is 34.2 Å². The first-order valence-corrected chi connectivity index (χ1v) is 9.83. The lowest BCUT2D eigenvalue weighted by atomic mass is 10.1. The van der Waals surface area contributed by atoms with Crippen molar-refractivity contribution in [1.29, 1.82) is 0 Å². The molecule has 0 radical (unpaired) electrons. The van der Waals surface area contributed by atoms with Gasteiger partial charge < -0.3 is 10.1 Å². The first-order valence-electron chi connectivity index (χ1n) is 6.73. The number of sulfonamides is 1. The third kappa shape index (κ3) is 5.96. The number of ether oxygens (including phenoxy) is 1. The molecule has 1 aromatic heterocycles. The number of halogens is 1. The standard InChI is InChI=1S/C13H23BrN2O3S2/c1-5-6-15-8-10-7-11(12(14)20-10)21(17,18)16-13(2,3)9-19-4/h7,15-16H,5-6,8-9H2,1-4H3. The summed E-state index contributed by atoms with van der Waals surface area (Å²) in [5.74, 6) is 0. The maximum atomic E-state index is 12.5. The SMILES string of the molecule is CCCNCc1cc(S(=O)(=O)NC(C)(C)COC)c(Br)s1. The van der Waals surface area contributed by atoms with Gasteiger partial charge in [0.2, 0.25) is 10.0 Å². The van der Waals surface area contributed by atoms with Crippen molar-refractivity contribution in [1.82, 2.24) is 10.0 Å². The Morgan fingerprint density at radius 1 is 1.43 bits per heavy atom. The molecular formula is C13H23BrN2O3S2. The second-order valence-electron chi connectivity index (χ2n) is 5.45. The summed E-state index contributed by atoms with van der Waals surface area (Å²) < 4.78 is 33.3. The molecular weight excluding hydrogens is 376 g/mol. The third-order valence-electron chi connectivity index (χ3n) is 2.64. The molecule has 0 fully saturated rings. The van der Waals surface area contributed by atoms with Gasteiger partial charge in [0.25, 0.3) is 0 Å². The number of thiophene rings is 1. The minimum absolute atomic E-state index is 0.282. The van der Waals surface area contributed by atoms with Gasteiger partial charge in [-0.05, 0) is 48.8 Å². The van der Waals surface area contributed by atoms with Crippen LogP contribution in [-0.2, 0) is 21.3 Å². The highest BCUT2D eigenvalue weighted by molar-refractivity contribution is 9.11. The van der Waals surface area contributed by atoms with Gasteiger partial charge in [-0.3, -0.25) is 0 Å². The van der Waals surface area contributed by atoms with Gasteiger partial charge in [0.15, 0.2) is 0 Å². The van der Waals surface area contributed by atoms with E-state index >= 15 is 0 Å². The van der Waals surface area contributed by atoms with Crippen molar-refractivity contribution in [3.63, 3.8) is 0 Å². The molecule has 0 aromatic carbocycles. The van der Waals surface area contributed by atoms with E-state index in [1.807, 2.05) is 0 Å². The Morgan fingerprint density at radius 3 is 2.67 bits per heavy atom. The number of hydrogen-bond acceptors (Lipinski definition) is 5. The monoisotopic (exact) mass is 398 g/mol. The average Bonchev–Trinajstić information content (AvgIpc) is 2.70. The van der Waals surface area contributed by atoms with Crippen molar-refractivity contribution >= 4 is 37.3 Å². The minimum atomic E-state index is -3.57. The molecule has 1 rings (SSSR count). The van der Waals surface area contributed by atoms with Crippen LogP contribution in [0.25, 0.3) is 0 Å². The van der Waals surface area contributed by atoms with E-state index in [0.717, 1.165) is 17.8 Å². The largest absolute Gasteiger partial charge is 0.383 e. The molecule has 0 unspecified atom stereocenters. The van der Waals surface area contributed by atoms with E-state index in [9.17, 15) is 8.42 Å². The van der Waals surface area contributed by atoms with Crippen LogP contribution < -0.4 is 10.0 Å². The molecule has 0 saturated carbocycles. The van der Waals surface area contributed by atoms with Crippen LogP contribution in [0.3, 0.4) is 0 Å². The molecule has 0 amide bonds. The van der Waals surface area contributed by atoms with Crippen LogP contribution in [0.2, 0.25) is 0 Å². The molecule has 2 N–H and O–H groups in total. The van der Waals surface area contributed by atoms with Gasteiger partial charge in [0, 0.05) is 18.5 Å². The van der Waals surface area contributed by atoms with Crippen molar-refractivity contribution in [3.05, 3.63) is 14.7 Å². The van der Waals surface area contributed by atoms with Gasteiger partial charge in [-0.1, -0.05) is 6.92 Å². The molecule has 0 aliphatic carbocycles. The van der Waals surface area contributed by atoms with Crippen molar-refractivity contribution < 1.29 is 13.2 Å². The van der Waals surface area contributed by atoms with Crippen LogP contribution in [0.15, 0.2) is 14.7 Å². The predicted octanol–water partition coefficient (Wildman–Crippen LogP) is 2.71. The zero-order valence-electron chi connectivity index (χ0n) is 12.8. The van der Waals surface area contributed by atoms with E-state index < -0.39 is 15.6 Å². The minimum Gasteiger partial charge on any atom is -0.383 e. The number of hydrogen-bond donors (Lipinski definition) is 2. The Kier molecular flexibility index (Phi) is 7.29. The van der Waals surface area contributed by atoms with E-state index in [2.05, 4.69) is 32.9 Å². The molecule has 8 heteroatoms. The molecule has 0 atom stereocenters. The van der Waals surface area contributed by atoms with Gasteiger partial charge >= 0.3 is 0 Å². The molecule has 1 aromatic rings. The summed E-state index contributed by atoms with van der Waals surface area (Å²) in [6.07, 6.45) is 1.05. The second kappa shape index (κ2) is 8.03. The molecule has 122 valence electrons. The lowest BCUT2D eigenvalue weighted by Gasteiger charge is -2.24. The Morgan fingerprint density at radius 2 is 2.10 bits per heavy atom. The van der Waals surface area contributed by atoms with Crippen molar-refractivity contribution in [3.8, 4) is 0 Å². The molecule has 1 heterocycles. The molecule has 0 spiro atoms. The Labute approximate surface area is 139 Å². The quantitative estimate of drug-likeness (QED) is 0.627. The smallest absolute Gasteiger partial charge is 0.243 e. The predicted molar refractivity (Wildman–Crippen MR) is 90.3 cm³/mol. The normalized spacial score (nSPS) is 12.8. The summed E-state index contributed by atoms with van der Waals surface area (Å²) in [5.41, 5.74) is -0.657. The van der Waals surface area contributed by atoms with Gasteiger partial charge in [-0.2, -0.15) is 0 Å². The van der Waals surface area contributed by atoms with Crippen LogP contribution >= 0.6 is 27.3 Å². The fraction of sp³-hybridized carbons (Fsp3) is 0.692. The highest BCUT2D eigenvalue weighted by Gasteiger charge is 2.28. The topological polar surface area (TPSA) is 67.4 Å². The fourth-order valence-electron chi connectivity index (χ4n) is 1.87. The maximum Gasteiger partial charge on any atom is 0.243 e. The molecule has 0 aliphatic rings. The van der Waals surface area contributed by atoms with E-state index in [-0.39, 0.29) is 4.90 Å². The first-order chi connectivity index (χ1) is 9.72. The first kappa shape index (κ1) is 19.1. The van der Waals surface area contributed by atoms with Gasteiger partial charge in [0.05, 0.1) is 15.9 Å². The van der Waals surface area contributed by atoms with Gasteiger partial charge in [-0.15, -0.1) is 11.3 Å². The highest BCUT2D eigenvalue weighted by atomic mass is 79.9. The van der Waals surface area contributed by atoms with Crippen molar-refractivity contribution in [2.24, 2.45) is 0 Å². The lowest BCUT2D eigenvalue weighted by Crippen LogP contribution is -2.46. The molecule has 5 nitrogen and oxygen atoms in total. The lowest BCUT2D eigenvalue weighted by molar-refractivity contribution is 0.141. The molecule has 21 heavy (non-hydrogen) atoms. The van der Waals surface area contributed by atoms with E-state index in [1.165, 1.54) is 11.3 Å². The summed E-state index contributed by atoms with van der Waals surface area (Å²) in [7, 11) is -2.03. The number of nitrogens with one attached hydrogen (secondary N) is 2. The Balaban J connectivity index is 2.88. The summed E-state index contributed by atoms with van der Waals surface area (Å²) in [6, 6.07) is 1.71. The third-order valence-corrected chi connectivity index (χ3v) is 6.59. The second-order valence-corrected chi connectivity index (χ2v) is 9.56. The van der Waals surface area contributed by atoms with E-state index in [0.29, 0.717) is 16.9 Å². The Hall–Kier alpha value is 0.01000. The molecule has 0 bridgehead atoms. The van der Waals surface area contributed by atoms with E-state index in [1.54, 1.807) is 27.0 Å². The van der Waals surface area contributed by atoms with E-state index in [4.69, 9.17) is 4.74 Å². The number of rotatable bonds is 9. The summed E-state index contributed by atoms with van der Waals surface area (Å²) in [6.45, 7) is 7.56. The maximum absolute atomic E-state index is 12.5. The van der Waals surface area contributed by atoms with Gasteiger partial charge in [-0.25, -0.2) is 13.1 Å². The van der Waals surface area contributed by atoms with Crippen LogP contribution in [0.1, 0.15) is 32.1 Å². The fourth-order valence-corrected chi connectivity index (χ4v) is 5.92. The van der Waals surface area contributed by atoms with Gasteiger partial charge in [0.1, 0.15) is 4.90 Å². The van der Waals surface area contributed by atoms with Crippen molar-refractivity contribution in [2.45, 2.75) is 44.2 Å². The molecule has 0 aliphatic heterocycles. The summed E-state index contributed by atoms with van der Waals surface area (Å²) in [5, 5.41) is 3.27. The van der Waals surface area contributed by atoms with Crippen LogP contribution in [0.5, 0.6) is 0 Å².